The molecule has 166 valence electrons. The average Bonchev–Trinajstić information content (AvgIpc) is 2.80. The second-order valence-electron chi connectivity index (χ2n) is 7.90. The molecular weight excluding hydrogens is 396 g/mol. The van der Waals surface area contributed by atoms with E-state index in [9.17, 15) is 14.7 Å². The van der Waals surface area contributed by atoms with Gasteiger partial charge in [0.2, 0.25) is 0 Å². The number of pyridine rings is 1. The smallest absolute Gasteiger partial charge is 0.328 e. The molecule has 0 spiro atoms. The molecule has 1 aromatic heterocycles. The molecule has 7 nitrogen and oxygen atoms in total. The minimum absolute atomic E-state index is 0.130. The molecule has 1 aliphatic rings. The second kappa shape index (κ2) is 10.8. The lowest BCUT2D eigenvalue weighted by Crippen LogP contribution is -2.40. The van der Waals surface area contributed by atoms with Crippen LogP contribution in [0, 0.1) is 0 Å². The number of hydrogen-bond acceptors (Lipinski definition) is 6. The van der Waals surface area contributed by atoms with Crippen LogP contribution in [-0.2, 0) is 16.0 Å². The first-order chi connectivity index (χ1) is 15.0. The Bertz CT molecular complexity index is 891. The van der Waals surface area contributed by atoms with Gasteiger partial charge in [-0.1, -0.05) is 43.5 Å². The lowest BCUT2D eigenvalue weighted by molar-refractivity contribution is -0.145. The zero-order chi connectivity index (χ0) is 22.2. The lowest BCUT2D eigenvalue weighted by Gasteiger charge is -2.22. The Morgan fingerprint density at radius 2 is 1.87 bits per heavy atom. The molecular formula is C24H30N2O5. The number of ether oxygens (including phenoxy) is 2. The Morgan fingerprint density at radius 3 is 2.55 bits per heavy atom. The van der Waals surface area contributed by atoms with Crippen molar-refractivity contribution in [1.82, 2.24) is 10.3 Å². The van der Waals surface area contributed by atoms with Crippen LogP contribution < -0.4 is 10.1 Å². The van der Waals surface area contributed by atoms with Gasteiger partial charge in [-0.15, -0.1) is 0 Å². The predicted molar refractivity (Wildman–Crippen MR) is 116 cm³/mol. The van der Waals surface area contributed by atoms with Gasteiger partial charge in [0, 0.05) is 18.7 Å². The van der Waals surface area contributed by atoms with E-state index in [1.165, 1.54) is 64.0 Å². The summed E-state index contributed by atoms with van der Waals surface area (Å²) in [5.74, 6) is -0.804. The molecule has 0 saturated heterocycles. The maximum atomic E-state index is 12.3. The lowest BCUT2D eigenvalue weighted by atomic mass is 9.84. The fourth-order valence-electron chi connectivity index (χ4n) is 3.88. The van der Waals surface area contributed by atoms with Crippen LogP contribution in [0.25, 0.3) is 0 Å². The fraction of sp³-hybridized carbons (Fsp3) is 0.458. The molecule has 0 unspecified atom stereocenters. The molecule has 31 heavy (non-hydrogen) atoms. The topological polar surface area (TPSA) is 97.8 Å². The fourth-order valence-corrected chi connectivity index (χ4v) is 3.88. The third-order valence-corrected chi connectivity index (χ3v) is 5.71. The summed E-state index contributed by atoms with van der Waals surface area (Å²) >= 11 is 0. The van der Waals surface area contributed by atoms with Gasteiger partial charge in [-0.25, -0.2) is 9.78 Å². The van der Waals surface area contributed by atoms with Crippen LogP contribution in [0.3, 0.4) is 0 Å². The zero-order valence-electron chi connectivity index (χ0n) is 18.1. The average molecular weight is 427 g/mol. The second-order valence-corrected chi connectivity index (χ2v) is 7.90. The Balaban J connectivity index is 1.45. The van der Waals surface area contributed by atoms with Gasteiger partial charge in [-0.05, 0) is 36.8 Å². The number of methoxy groups -OCH3 is 1. The quantitative estimate of drug-likeness (QED) is 0.624. The van der Waals surface area contributed by atoms with Crippen molar-refractivity contribution in [3.05, 3.63) is 53.3 Å². The molecule has 0 radical (unpaired) electrons. The molecule has 1 aromatic carbocycles. The number of carbonyl (C=O) groups excluding carboxylic acids is 2. The van der Waals surface area contributed by atoms with Crippen LogP contribution in [0.2, 0.25) is 0 Å². The van der Waals surface area contributed by atoms with Gasteiger partial charge in [0.05, 0.1) is 13.7 Å². The Kier molecular flexibility index (Phi) is 7.87. The Hall–Kier alpha value is -3.09. The van der Waals surface area contributed by atoms with Gasteiger partial charge >= 0.3 is 5.97 Å². The van der Waals surface area contributed by atoms with Gasteiger partial charge in [-0.3, -0.25) is 4.79 Å². The summed E-state index contributed by atoms with van der Waals surface area (Å²) in [5.41, 5.74) is 2.29. The van der Waals surface area contributed by atoms with Crippen molar-refractivity contribution in [2.24, 2.45) is 0 Å². The van der Waals surface area contributed by atoms with E-state index in [2.05, 4.69) is 34.6 Å². The van der Waals surface area contributed by atoms with Gasteiger partial charge in [-0.2, -0.15) is 0 Å². The first-order valence-electron chi connectivity index (χ1n) is 10.8. The van der Waals surface area contributed by atoms with Crippen LogP contribution in [0.4, 0.5) is 0 Å². The number of nitrogens with zero attached hydrogens (tertiary/aromatic N) is 1. The summed E-state index contributed by atoms with van der Waals surface area (Å²) in [7, 11) is 1.38. The number of nitrogens with one attached hydrogen (secondary N) is 1. The normalized spacial score (nSPS) is 15.2. The molecule has 1 amide bonds. The molecule has 7 heteroatoms. The van der Waals surface area contributed by atoms with E-state index in [4.69, 9.17) is 9.47 Å². The van der Waals surface area contributed by atoms with E-state index < -0.39 is 17.9 Å². The molecule has 0 bridgehead atoms. The molecule has 1 heterocycles. The highest BCUT2D eigenvalue weighted by atomic mass is 16.5. The number of aromatic hydroxyl groups is 1. The monoisotopic (exact) mass is 426 g/mol. The van der Waals surface area contributed by atoms with Crippen LogP contribution in [-0.4, -0.2) is 41.7 Å². The summed E-state index contributed by atoms with van der Waals surface area (Å²) in [6, 6.07) is 9.12. The third kappa shape index (κ3) is 5.96. The Labute approximate surface area is 182 Å². The van der Waals surface area contributed by atoms with Crippen molar-refractivity contribution < 1.29 is 24.2 Å². The number of hydrogen-bond donors (Lipinski definition) is 2. The molecule has 1 atom stereocenters. The van der Waals surface area contributed by atoms with Crippen LogP contribution in [0.15, 0.2) is 36.5 Å². The SMILES string of the molecule is COc1ccnc(C(=O)N[C@@H](C)C(=O)OCCc2ccc(C3CCCCC3)cc2)c1O. The maximum Gasteiger partial charge on any atom is 0.328 e. The molecule has 1 fully saturated rings. The van der Waals surface area contributed by atoms with E-state index in [1.807, 2.05) is 0 Å². The first-order valence-corrected chi connectivity index (χ1v) is 10.8. The van der Waals surface area contributed by atoms with Gasteiger partial charge in [0.15, 0.2) is 17.2 Å². The van der Waals surface area contributed by atoms with E-state index in [0.717, 1.165) is 5.56 Å². The zero-order valence-corrected chi connectivity index (χ0v) is 18.1. The van der Waals surface area contributed by atoms with Gasteiger partial charge in [0.1, 0.15) is 6.04 Å². The summed E-state index contributed by atoms with van der Waals surface area (Å²) < 4.78 is 10.3. The summed E-state index contributed by atoms with van der Waals surface area (Å²) in [4.78, 5) is 28.4. The van der Waals surface area contributed by atoms with Gasteiger partial charge in [0.25, 0.3) is 5.91 Å². The third-order valence-electron chi connectivity index (χ3n) is 5.71. The van der Waals surface area contributed by atoms with Crippen molar-refractivity contribution in [2.45, 2.75) is 57.4 Å². The summed E-state index contributed by atoms with van der Waals surface area (Å²) in [6.45, 7) is 1.75. The summed E-state index contributed by atoms with van der Waals surface area (Å²) in [5, 5.41) is 12.5. The highest BCUT2D eigenvalue weighted by molar-refractivity contribution is 5.97. The number of aromatic nitrogens is 1. The summed E-state index contributed by atoms with van der Waals surface area (Å²) in [6.07, 6.45) is 8.45. The minimum atomic E-state index is -0.881. The predicted octanol–water partition coefficient (Wildman–Crippen LogP) is 3.75. The van der Waals surface area contributed by atoms with Gasteiger partial charge < -0.3 is 19.9 Å². The van der Waals surface area contributed by atoms with Crippen molar-refractivity contribution in [3.63, 3.8) is 0 Å². The standard InChI is InChI=1S/C24H30N2O5/c1-16(26-23(28)21-22(27)20(30-2)12-14-25-21)24(29)31-15-13-17-8-10-19(11-9-17)18-6-4-3-5-7-18/h8-12,14,16,18,27H,3-7,13,15H2,1-2H3,(H,26,28)/t16-/m0/s1. The van der Waals surface area contributed by atoms with Crippen molar-refractivity contribution in [3.8, 4) is 11.5 Å². The molecule has 3 rings (SSSR count). The van der Waals surface area contributed by atoms with Crippen LogP contribution >= 0.6 is 0 Å². The highest BCUT2D eigenvalue weighted by Crippen LogP contribution is 2.32. The molecule has 1 aliphatic carbocycles. The number of rotatable bonds is 8. The van der Waals surface area contributed by atoms with E-state index in [1.54, 1.807) is 0 Å². The van der Waals surface area contributed by atoms with E-state index >= 15 is 0 Å². The number of benzene rings is 1. The van der Waals surface area contributed by atoms with Crippen molar-refractivity contribution in [2.75, 3.05) is 13.7 Å². The Morgan fingerprint density at radius 1 is 1.16 bits per heavy atom. The molecule has 2 N–H and O–H groups in total. The number of carbonyl (C=O) groups is 2. The maximum absolute atomic E-state index is 12.3. The minimum Gasteiger partial charge on any atom is -0.503 e. The van der Waals surface area contributed by atoms with E-state index in [0.29, 0.717) is 12.3 Å². The van der Waals surface area contributed by atoms with Crippen molar-refractivity contribution >= 4 is 11.9 Å². The van der Waals surface area contributed by atoms with Crippen LogP contribution in [0.5, 0.6) is 11.5 Å². The number of esters is 1. The molecule has 1 saturated carbocycles. The first kappa shape index (κ1) is 22.6. The van der Waals surface area contributed by atoms with E-state index in [-0.39, 0.29) is 23.8 Å². The highest BCUT2D eigenvalue weighted by Gasteiger charge is 2.22. The largest absolute Gasteiger partial charge is 0.503 e. The molecule has 2 aromatic rings. The number of amides is 1. The van der Waals surface area contributed by atoms with Crippen LogP contribution in [0.1, 0.15) is 66.6 Å². The van der Waals surface area contributed by atoms with Crippen molar-refractivity contribution in [1.29, 1.82) is 0 Å². The molecule has 0 aliphatic heterocycles.